The lowest BCUT2D eigenvalue weighted by molar-refractivity contribution is -0.137. The molecule has 0 spiro atoms. The van der Waals surface area contributed by atoms with Crippen molar-refractivity contribution in [3.05, 3.63) is 53.4 Å². The molecule has 0 unspecified atom stereocenters. The molecule has 32 heavy (non-hydrogen) atoms. The van der Waals surface area contributed by atoms with Gasteiger partial charge in [0.2, 0.25) is 11.8 Å². The Morgan fingerprint density at radius 1 is 1.16 bits per heavy atom. The van der Waals surface area contributed by atoms with Gasteiger partial charge in [0.05, 0.1) is 19.3 Å². The molecule has 4 N–H and O–H groups in total. The van der Waals surface area contributed by atoms with Gasteiger partial charge in [-0.3, -0.25) is 9.59 Å². The van der Waals surface area contributed by atoms with E-state index in [-0.39, 0.29) is 54.8 Å². The number of nitrogens with two attached hydrogens (primary N) is 1. The topological polar surface area (TPSA) is 104 Å². The number of benzene rings is 1. The quantitative estimate of drug-likeness (QED) is 0.561. The van der Waals surface area contributed by atoms with E-state index < -0.39 is 23.5 Å². The number of H-pyrrole nitrogens is 1. The summed E-state index contributed by atoms with van der Waals surface area (Å²) >= 11 is 0. The summed E-state index contributed by atoms with van der Waals surface area (Å²) in [7, 11) is 0. The molecule has 2 aliphatic rings. The van der Waals surface area contributed by atoms with Crippen LogP contribution in [0.25, 0.3) is 0 Å². The number of imidazole rings is 1. The minimum atomic E-state index is -1.22. The Bertz CT molecular complexity index is 970. The van der Waals surface area contributed by atoms with Crippen LogP contribution >= 0.6 is 0 Å². The first-order valence-corrected chi connectivity index (χ1v) is 10.8. The lowest BCUT2D eigenvalue weighted by atomic mass is 9.82. The van der Waals surface area contributed by atoms with Gasteiger partial charge in [-0.1, -0.05) is 0 Å². The number of nitrogens with one attached hydrogen (secondary N) is 2. The highest BCUT2D eigenvalue weighted by atomic mass is 19.2. The fraction of sp³-hybridized carbons (Fsp3) is 0.500. The van der Waals surface area contributed by atoms with Crippen molar-refractivity contribution in [2.24, 2.45) is 11.7 Å². The van der Waals surface area contributed by atoms with E-state index in [9.17, 15) is 22.8 Å². The zero-order chi connectivity index (χ0) is 22.8. The molecule has 3 atom stereocenters. The zero-order valence-corrected chi connectivity index (χ0v) is 17.5. The number of piperidine rings is 1. The molecule has 0 aliphatic carbocycles. The van der Waals surface area contributed by atoms with E-state index in [1.54, 1.807) is 6.20 Å². The van der Waals surface area contributed by atoms with Gasteiger partial charge in [-0.2, -0.15) is 0 Å². The number of carbonyl (C=O) groups is 2. The van der Waals surface area contributed by atoms with Crippen LogP contribution in [-0.4, -0.2) is 51.4 Å². The molecule has 1 aromatic heterocycles. The summed E-state index contributed by atoms with van der Waals surface area (Å²) < 4.78 is 40.7. The SMILES string of the molecule is N[C@H](Cc1cc(F)c(F)cc1F)C1C[C@@H]2CC[C@@H](C1)N2C(=O)CNC(=O)Cc1cnc[nH]1. The third kappa shape index (κ3) is 4.79. The van der Waals surface area contributed by atoms with Crippen molar-refractivity contribution in [2.45, 2.75) is 56.7 Å². The van der Waals surface area contributed by atoms with Gasteiger partial charge in [0.1, 0.15) is 5.82 Å². The molecule has 2 aliphatic heterocycles. The molecular weight excluding hydrogens is 423 g/mol. The Hall–Kier alpha value is -2.88. The van der Waals surface area contributed by atoms with Gasteiger partial charge in [-0.15, -0.1) is 0 Å². The molecule has 1 aromatic carbocycles. The molecule has 2 amide bonds. The van der Waals surface area contributed by atoms with Gasteiger partial charge in [0.25, 0.3) is 0 Å². The van der Waals surface area contributed by atoms with Crippen molar-refractivity contribution in [1.29, 1.82) is 0 Å². The second-order valence-corrected chi connectivity index (χ2v) is 8.67. The second-order valence-electron chi connectivity index (χ2n) is 8.67. The summed E-state index contributed by atoms with van der Waals surface area (Å²) in [6.45, 7) is -0.0727. The molecule has 2 bridgehead atoms. The summed E-state index contributed by atoms with van der Waals surface area (Å²) in [5.41, 5.74) is 7.05. The molecule has 0 radical (unpaired) electrons. The monoisotopic (exact) mass is 449 g/mol. The normalized spacial score (nSPS) is 23.2. The highest BCUT2D eigenvalue weighted by Crippen LogP contribution is 2.40. The first kappa shape index (κ1) is 22.3. The molecular formula is C22H26F3N5O2. The highest BCUT2D eigenvalue weighted by molar-refractivity contribution is 5.86. The van der Waals surface area contributed by atoms with Crippen LogP contribution in [0, 0.1) is 23.4 Å². The number of hydrogen-bond donors (Lipinski definition) is 3. The van der Waals surface area contributed by atoms with Crippen LogP contribution in [-0.2, 0) is 22.4 Å². The average molecular weight is 449 g/mol. The van der Waals surface area contributed by atoms with E-state index in [1.807, 2.05) is 4.90 Å². The molecule has 172 valence electrons. The van der Waals surface area contributed by atoms with Crippen molar-refractivity contribution in [3.8, 4) is 0 Å². The highest BCUT2D eigenvalue weighted by Gasteiger charge is 2.44. The minimum absolute atomic E-state index is 0.0107. The predicted octanol–water partition coefficient (Wildman–Crippen LogP) is 1.83. The number of halogens is 3. The maximum Gasteiger partial charge on any atom is 0.242 e. The lowest BCUT2D eigenvalue weighted by Gasteiger charge is -2.41. The summed E-state index contributed by atoms with van der Waals surface area (Å²) in [5, 5.41) is 2.66. The summed E-state index contributed by atoms with van der Waals surface area (Å²) in [5.74, 6) is -3.47. The number of carbonyl (C=O) groups excluding carboxylic acids is 2. The fourth-order valence-electron chi connectivity index (χ4n) is 5.00. The smallest absolute Gasteiger partial charge is 0.242 e. The third-order valence-corrected chi connectivity index (χ3v) is 6.55. The van der Waals surface area contributed by atoms with E-state index in [2.05, 4.69) is 15.3 Å². The number of nitrogens with zero attached hydrogens (tertiary/aromatic N) is 2. The van der Waals surface area contributed by atoms with Crippen molar-refractivity contribution < 1.29 is 22.8 Å². The first-order valence-electron chi connectivity index (χ1n) is 10.8. The van der Waals surface area contributed by atoms with E-state index in [4.69, 9.17) is 5.73 Å². The van der Waals surface area contributed by atoms with Crippen LogP contribution in [0.4, 0.5) is 13.2 Å². The molecule has 2 fully saturated rings. The van der Waals surface area contributed by atoms with E-state index >= 15 is 0 Å². The number of aromatic nitrogens is 2. The van der Waals surface area contributed by atoms with E-state index in [0.29, 0.717) is 24.6 Å². The molecule has 2 aromatic rings. The largest absolute Gasteiger partial charge is 0.348 e. The van der Waals surface area contributed by atoms with Crippen molar-refractivity contribution >= 4 is 11.8 Å². The standard InChI is InChI=1S/C22H26F3N5O2/c23-17-8-19(25)18(24)5-12(17)6-20(26)13-3-15-1-2-16(4-13)30(15)22(32)10-28-21(31)7-14-9-27-11-29-14/h5,8-9,11,13,15-16,20H,1-4,6-7,10,26H2,(H,27,29)(H,28,31)/t15-,16-,20+/m0/s1. The predicted molar refractivity (Wildman–Crippen MR) is 110 cm³/mol. The molecule has 10 heteroatoms. The first-order chi connectivity index (χ1) is 15.3. The number of hydrogen-bond acceptors (Lipinski definition) is 4. The Balaban J connectivity index is 1.31. The van der Waals surface area contributed by atoms with Gasteiger partial charge >= 0.3 is 0 Å². The maximum absolute atomic E-state index is 14.0. The number of amides is 2. The van der Waals surface area contributed by atoms with Crippen molar-refractivity contribution in [1.82, 2.24) is 20.2 Å². The number of fused-ring (bicyclic) bond motifs is 2. The Morgan fingerprint density at radius 2 is 1.84 bits per heavy atom. The van der Waals surface area contributed by atoms with Gasteiger partial charge in [-0.05, 0) is 49.7 Å². The lowest BCUT2D eigenvalue weighted by Crippen LogP contribution is -2.52. The average Bonchev–Trinajstić information content (AvgIpc) is 3.35. The van der Waals surface area contributed by atoms with E-state index in [0.717, 1.165) is 18.9 Å². The van der Waals surface area contributed by atoms with E-state index in [1.165, 1.54) is 6.33 Å². The molecule has 7 nitrogen and oxygen atoms in total. The van der Waals surface area contributed by atoms with Crippen LogP contribution in [0.2, 0.25) is 0 Å². The third-order valence-electron chi connectivity index (χ3n) is 6.55. The van der Waals surface area contributed by atoms with Gasteiger partial charge in [0.15, 0.2) is 11.6 Å². The van der Waals surface area contributed by atoms with Crippen LogP contribution in [0.5, 0.6) is 0 Å². The van der Waals surface area contributed by atoms with Gasteiger partial charge in [0, 0.05) is 36.1 Å². The van der Waals surface area contributed by atoms with Crippen LogP contribution in [0.1, 0.15) is 36.9 Å². The second kappa shape index (κ2) is 9.32. The molecule has 2 saturated heterocycles. The Morgan fingerprint density at radius 3 is 2.50 bits per heavy atom. The number of rotatable bonds is 7. The molecule has 0 saturated carbocycles. The van der Waals surface area contributed by atoms with Gasteiger partial charge < -0.3 is 20.9 Å². The summed E-state index contributed by atoms with van der Waals surface area (Å²) in [4.78, 5) is 33.4. The van der Waals surface area contributed by atoms with Crippen LogP contribution in [0.15, 0.2) is 24.7 Å². The molecule has 4 rings (SSSR count). The maximum atomic E-state index is 14.0. The van der Waals surface area contributed by atoms with Crippen molar-refractivity contribution in [2.75, 3.05) is 6.54 Å². The Labute approximate surface area is 183 Å². The van der Waals surface area contributed by atoms with Crippen molar-refractivity contribution in [3.63, 3.8) is 0 Å². The summed E-state index contributed by atoms with van der Waals surface area (Å²) in [6.07, 6.45) is 6.29. The fourth-order valence-corrected chi connectivity index (χ4v) is 5.00. The van der Waals surface area contributed by atoms with Crippen LogP contribution < -0.4 is 11.1 Å². The Kier molecular flexibility index (Phi) is 6.50. The summed E-state index contributed by atoms with van der Waals surface area (Å²) in [6, 6.07) is 1.00. The zero-order valence-electron chi connectivity index (χ0n) is 17.5. The van der Waals surface area contributed by atoms with Crippen LogP contribution in [0.3, 0.4) is 0 Å². The molecule has 3 heterocycles. The number of aromatic amines is 1. The van der Waals surface area contributed by atoms with Gasteiger partial charge in [-0.25, -0.2) is 18.2 Å². The minimum Gasteiger partial charge on any atom is -0.348 e.